The van der Waals surface area contributed by atoms with E-state index >= 15 is 0 Å². The molecule has 1 heterocycles. The highest BCUT2D eigenvalue weighted by Gasteiger charge is 2.44. The number of hydrogen-bond acceptors (Lipinski definition) is 4. The summed E-state index contributed by atoms with van der Waals surface area (Å²) in [5.41, 5.74) is 1.60. The van der Waals surface area contributed by atoms with Crippen LogP contribution in [0.25, 0.3) is 0 Å². The van der Waals surface area contributed by atoms with Crippen molar-refractivity contribution in [2.45, 2.75) is 18.4 Å². The Hall–Kier alpha value is -2.73. The molecule has 1 aliphatic rings. The molecule has 2 aromatic carbocycles. The Morgan fingerprint density at radius 2 is 1.86 bits per heavy atom. The summed E-state index contributed by atoms with van der Waals surface area (Å²) in [6, 6.07) is 11.4. The Morgan fingerprint density at radius 3 is 2.50 bits per heavy atom. The minimum atomic E-state index is -0.990. The molecule has 0 saturated carbocycles. The van der Waals surface area contributed by atoms with Gasteiger partial charge in [0, 0.05) is 18.0 Å². The Bertz CT molecular complexity index is 885. The summed E-state index contributed by atoms with van der Waals surface area (Å²) in [5.74, 6) is -0.696. The smallest absolute Gasteiger partial charge is 0.313 e. The van der Waals surface area contributed by atoms with Crippen LogP contribution in [0, 0.1) is 0 Å². The molecule has 28 heavy (non-hydrogen) atoms. The van der Waals surface area contributed by atoms with Gasteiger partial charge >= 0.3 is 5.97 Å². The number of carbonyl (C=O) groups is 2. The SMILES string of the molecule is COc1ccc([C@@H]2[C@@H](C(=O)O)c3ccccc3C(=O)N2CCCCl)cc1OC. The number of rotatable bonds is 7. The highest BCUT2D eigenvalue weighted by Crippen LogP contribution is 2.44. The first-order chi connectivity index (χ1) is 13.5. The normalized spacial score (nSPS) is 18.5. The highest BCUT2D eigenvalue weighted by molar-refractivity contribution is 6.17. The van der Waals surface area contributed by atoms with E-state index in [-0.39, 0.29) is 5.91 Å². The number of fused-ring (bicyclic) bond motifs is 1. The summed E-state index contributed by atoms with van der Waals surface area (Å²) in [4.78, 5) is 27.1. The van der Waals surface area contributed by atoms with Crippen molar-refractivity contribution in [3.05, 3.63) is 59.2 Å². The topological polar surface area (TPSA) is 76.1 Å². The number of carbonyl (C=O) groups excluding carboxylic acids is 1. The van der Waals surface area contributed by atoms with Gasteiger partial charge in [-0.1, -0.05) is 24.3 Å². The average Bonchev–Trinajstić information content (AvgIpc) is 2.72. The van der Waals surface area contributed by atoms with E-state index in [0.717, 1.165) is 0 Å². The molecule has 1 aliphatic heterocycles. The van der Waals surface area contributed by atoms with Crippen LogP contribution in [0.5, 0.6) is 11.5 Å². The summed E-state index contributed by atoms with van der Waals surface area (Å²) in [5, 5.41) is 10.1. The molecular formula is C21H22ClNO5. The van der Waals surface area contributed by atoms with Crippen molar-refractivity contribution in [3.8, 4) is 11.5 Å². The van der Waals surface area contributed by atoms with E-state index < -0.39 is 17.9 Å². The third-order valence-corrected chi connectivity index (χ3v) is 5.25. The zero-order chi connectivity index (χ0) is 20.3. The van der Waals surface area contributed by atoms with E-state index in [4.69, 9.17) is 21.1 Å². The lowest BCUT2D eigenvalue weighted by atomic mass is 9.79. The number of aliphatic carboxylic acids is 1. The zero-order valence-corrected chi connectivity index (χ0v) is 16.5. The lowest BCUT2D eigenvalue weighted by Gasteiger charge is -2.41. The molecule has 2 aromatic rings. The number of nitrogens with zero attached hydrogens (tertiary/aromatic N) is 1. The van der Waals surface area contributed by atoms with E-state index in [0.29, 0.717) is 47.0 Å². The van der Waals surface area contributed by atoms with Crippen LogP contribution in [0.15, 0.2) is 42.5 Å². The molecule has 6 nitrogen and oxygen atoms in total. The predicted octanol–water partition coefficient (Wildman–Crippen LogP) is 3.70. The van der Waals surface area contributed by atoms with Crippen molar-refractivity contribution < 1.29 is 24.2 Å². The molecule has 7 heteroatoms. The number of benzene rings is 2. The first-order valence-electron chi connectivity index (χ1n) is 8.94. The summed E-state index contributed by atoms with van der Waals surface area (Å²) in [6.07, 6.45) is 0.561. The number of hydrogen-bond donors (Lipinski definition) is 1. The molecule has 0 saturated heterocycles. The molecule has 0 unspecified atom stereocenters. The third-order valence-electron chi connectivity index (χ3n) is 4.99. The minimum absolute atomic E-state index is 0.196. The van der Waals surface area contributed by atoms with Crippen LogP contribution in [0.4, 0.5) is 0 Å². The van der Waals surface area contributed by atoms with Crippen molar-refractivity contribution >= 4 is 23.5 Å². The maximum Gasteiger partial charge on any atom is 0.313 e. The van der Waals surface area contributed by atoms with Crippen LogP contribution in [0.2, 0.25) is 0 Å². The molecule has 3 rings (SSSR count). The number of alkyl halides is 1. The van der Waals surface area contributed by atoms with Crippen LogP contribution in [-0.2, 0) is 4.79 Å². The summed E-state index contributed by atoms with van der Waals surface area (Å²) in [6.45, 7) is 0.361. The molecule has 0 spiro atoms. The number of carboxylic acid groups (broad SMARTS) is 1. The molecule has 0 radical (unpaired) electrons. The standard InChI is InChI=1S/C21H22ClNO5/c1-27-16-9-8-13(12-17(16)28-2)19-18(21(25)26)14-6-3-4-7-15(14)20(24)23(19)11-5-10-22/h3-4,6-9,12,18-19H,5,10-11H2,1-2H3,(H,25,26)/t18-,19+/m0/s1. The van der Waals surface area contributed by atoms with Crippen LogP contribution in [0.1, 0.15) is 39.9 Å². The highest BCUT2D eigenvalue weighted by atomic mass is 35.5. The second-order valence-corrected chi connectivity index (χ2v) is 6.88. The fourth-order valence-electron chi connectivity index (χ4n) is 3.74. The predicted molar refractivity (Wildman–Crippen MR) is 105 cm³/mol. The van der Waals surface area contributed by atoms with Crippen LogP contribution >= 0.6 is 11.6 Å². The van der Waals surface area contributed by atoms with Gasteiger partial charge in [0.05, 0.1) is 20.3 Å². The number of carboxylic acids is 1. The van der Waals surface area contributed by atoms with Crippen molar-refractivity contribution in [3.63, 3.8) is 0 Å². The largest absolute Gasteiger partial charge is 0.493 e. The molecule has 0 bridgehead atoms. The van der Waals surface area contributed by atoms with Crippen molar-refractivity contribution in [1.29, 1.82) is 0 Å². The van der Waals surface area contributed by atoms with Crippen molar-refractivity contribution in [2.75, 3.05) is 26.6 Å². The molecule has 1 N–H and O–H groups in total. The second-order valence-electron chi connectivity index (χ2n) is 6.50. The van der Waals surface area contributed by atoms with Crippen LogP contribution in [-0.4, -0.2) is 48.5 Å². The number of halogens is 1. The molecular weight excluding hydrogens is 382 g/mol. The number of amides is 1. The van der Waals surface area contributed by atoms with Gasteiger partial charge in [0.2, 0.25) is 0 Å². The van der Waals surface area contributed by atoms with Crippen molar-refractivity contribution in [2.24, 2.45) is 0 Å². The van der Waals surface area contributed by atoms with Crippen molar-refractivity contribution in [1.82, 2.24) is 4.90 Å². The van der Waals surface area contributed by atoms with E-state index in [1.54, 1.807) is 47.4 Å². The van der Waals surface area contributed by atoms with Gasteiger partial charge in [-0.25, -0.2) is 0 Å². The molecule has 0 fully saturated rings. The lowest BCUT2D eigenvalue weighted by Crippen LogP contribution is -2.45. The first kappa shape index (κ1) is 20.0. The summed E-state index contributed by atoms with van der Waals surface area (Å²) >= 11 is 5.86. The van der Waals surface area contributed by atoms with Gasteiger partial charge in [-0.3, -0.25) is 9.59 Å². The third kappa shape index (κ3) is 3.52. The Morgan fingerprint density at radius 1 is 1.14 bits per heavy atom. The zero-order valence-electron chi connectivity index (χ0n) is 15.7. The average molecular weight is 404 g/mol. The van der Waals surface area contributed by atoms with Gasteiger partial charge < -0.3 is 19.5 Å². The quantitative estimate of drug-likeness (QED) is 0.713. The van der Waals surface area contributed by atoms with E-state index in [9.17, 15) is 14.7 Å². The van der Waals surface area contributed by atoms with Gasteiger partial charge in [-0.15, -0.1) is 11.6 Å². The number of ether oxygens (including phenoxy) is 2. The fourth-order valence-corrected chi connectivity index (χ4v) is 3.86. The minimum Gasteiger partial charge on any atom is -0.493 e. The van der Waals surface area contributed by atoms with Crippen LogP contribution < -0.4 is 9.47 Å². The maximum atomic E-state index is 13.2. The Labute approximate surface area is 168 Å². The van der Waals surface area contributed by atoms with Gasteiger partial charge in [-0.05, 0) is 35.7 Å². The fraction of sp³-hybridized carbons (Fsp3) is 0.333. The monoisotopic (exact) mass is 403 g/mol. The second kappa shape index (κ2) is 8.52. The molecule has 1 amide bonds. The van der Waals surface area contributed by atoms with Gasteiger partial charge in [0.25, 0.3) is 5.91 Å². The summed E-state index contributed by atoms with van der Waals surface area (Å²) in [7, 11) is 3.05. The molecule has 148 valence electrons. The Kier molecular flexibility index (Phi) is 6.09. The maximum absolute atomic E-state index is 13.2. The van der Waals surface area contributed by atoms with Gasteiger partial charge in [0.15, 0.2) is 11.5 Å². The van der Waals surface area contributed by atoms with E-state index in [1.165, 1.54) is 14.2 Å². The number of methoxy groups -OCH3 is 2. The molecule has 0 aromatic heterocycles. The molecule has 2 atom stereocenters. The van der Waals surface area contributed by atoms with E-state index in [1.807, 2.05) is 0 Å². The van der Waals surface area contributed by atoms with Crippen LogP contribution in [0.3, 0.4) is 0 Å². The summed E-state index contributed by atoms with van der Waals surface area (Å²) < 4.78 is 10.7. The first-order valence-corrected chi connectivity index (χ1v) is 9.47. The lowest BCUT2D eigenvalue weighted by molar-refractivity contribution is -0.140. The Balaban J connectivity index is 2.18. The van der Waals surface area contributed by atoms with Gasteiger partial charge in [0.1, 0.15) is 5.92 Å². The van der Waals surface area contributed by atoms with E-state index in [2.05, 4.69) is 0 Å². The molecule has 0 aliphatic carbocycles. The van der Waals surface area contributed by atoms with Gasteiger partial charge in [-0.2, -0.15) is 0 Å².